The third-order valence-corrected chi connectivity index (χ3v) is 7.49. The van der Waals surface area contributed by atoms with E-state index in [-0.39, 0.29) is 11.9 Å². The average Bonchev–Trinajstić information content (AvgIpc) is 3.20. The molecule has 0 saturated carbocycles. The van der Waals surface area contributed by atoms with E-state index >= 15 is 0 Å². The highest BCUT2D eigenvalue weighted by Gasteiger charge is 2.40. The van der Waals surface area contributed by atoms with E-state index in [0.29, 0.717) is 17.2 Å². The van der Waals surface area contributed by atoms with Crippen molar-refractivity contribution < 1.29 is 13.2 Å². The maximum atomic E-state index is 12.6. The lowest BCUT2D eigenvalue weighted by Crippen LogP contribution is -2.52. The molecule has 0 radical (unpaired) electrons. The van der Waals surface area contributed by atoms with Gasteiger partial charge in [0.25, 0.3) is 10.0 Å². The Balaban J connectivity index is 1.71. The molecule has 1 amide bonds. The van der Waals surface area contributed by atoms with Gasteiger partial charge in [-0.1, -0.05) is 6.07 Å². The molecule has 3 heterocycles. The second-order valence-electron chi connectivity index (χ2n) is 5.76. The zero-order valence-electron chi connectivity index (χ0n) is 12.3. The van der Waals surface area contributed by atoms with Gasteiger partial charge in [-0.25, -0.2) is 8.42 Å². The van der Waals surface area contributed by atoms with E-state index in [1.54, 1.807) is 17.5 Å². The number of hydrogen-bond donors (Lipinski definition) is 2. The van der Waals surface area contributed by atoms with E-state index in [9.17, 15) is 13.2 Å². The first kappa shape index (κ1) is 15.9. The number of nitrogens with one attached hydrogen (secondary N) is 2. The van der Waals surface area contributed by atoms with Gasteiger partial charge in [-0.05, 0) is 43.7 Å². The third-order valence-electron chi connectivity index (χ3n) is 4.21. The fourth-order valence-electron chi connectivity index (χ4n) is 3.09. The molecule has 0 aromatic carbocycles. The number of carbonyl (C=O) groups excluding carboxylic acids is 1. The number of hydrogen-bond acceptors (Lipinski definition) is 5. The first-order valence-electron chi connectivity index (χ1n) is 7.65. The maximum Gasteiger partial charge on any atom is 0.253 e. The Morgan fingerprint density at radius 2 is 2.23 bits per heavy atom. The molecule has 1 aromatic heterocycles. The van der Waals surface area contributed by atoms with Gasteiger partial charge in [0.2, 0.25) is 5.91 Å². The predicted octanol–water partition coefficient (Wildman–Crippen LogP) is 0.769. The zero-order valence-corrected chi connectivity index (χ0v) is 14.0. The number of carbonyl (C=O) groups is 1. The van der Waals surface area contributed by atoms with Crippen LogP contribution in [0.2, 0.25) is 0 Å². The Hall–Kier alpha value is -0.960. The van der Waals surface area contributed by atoms with Crippen LogP contribution in [0.1, 0.15) is 25.7 Å². The number of rotatable bonds is 4. The molecule has 2 aliphatic heterocycles. The van der Waals surface area contributed by atoms with Crippen LogP contribution in [-0.2, 0) is 14.8 Å². The van der Waals surface area contributed by atoms with Gasteiger partial charge in [-0.15, -0.1) is 11.3 Å². The van der Waals surface area contributed by atoms with Crippen LogP contribution < -0.4 is 10.6 Å². The van der Waals surface area contributed by atoms with Crippen LogP contribution in [0.3, 0.4) is 0 Å². The van der Waals surface area contributed by atoms with E-state index in [4.69, 9.17) is 0 Å². The lowest BCUT2D eigenvalue weighted by molar-refractivity contribution is -0.125. The minimum absolute atomic E-state index is 0.105. The Bertz CT molecular complexity index is 609. The van der Waals surface area contributed by atoms with Gasteiger partial charge in [-0.3, -0.25) is 4.79 Å². The molecule has 1 unspecified atom stereocenters. The van der Waals surface area contributed by atoms with Crippen molar-refractivity contribution in [2.24, 2.45) is 0 Å². The fourth-order valence-corrected chi connectivity index (χ4v) is 5.86. The quantitative estimate of drug-likeness (QED) is 0.846. The van der Waals surface area contributed by atoms with Crippen molar-refractivity contribution in [2.75, 3.05) is 19.6 Å². The molecule has 1 aromatic rings. The molecular formula is C14H21N3O3S2. The molecule has 8 heteroatoms. The summed E-state index contributed by atoms with van der Waals surface area (Å²) < 4.78 is 27.0. The lowest BCUT2D eigenvalue weighted by Gasteiger charge is -2.28. The minimum Gasteiger partial charge on any atom is -0.351 e. The molecule has 2 saturated heterocycles. The number of nitrogens with zero attached hydrogens (tertiary/aromatic N) is 1. The van der Waals surface area contributed by atoms with E-state index in [1.807, 2.05) is 0 Å². The van der Waals surface area contributed by atoms with Gasteiger partial charge >= 0.3 is 0 Å². The van der Waals surface area contributed by atoms with E-state index in [0.717, 1.165) is 32.4 Å². The van der Waals surface area contributed by atoms with Crippen LogP contribution in [0.5, 0.6) is 0 Å². The van der Waals surface area contributed by atoms with E-state index in [2.05, 4.69) is 10.6 Å². The van der Waals surface area contributed by atoms with Crippen molar-refractivity contribution in [1.29, 1.82) is 0 Å². The maximum absolute atomic E-state index is 12.6. The summed E-state index contributed by atoms with van der Waals surface area (Å²) in [5, 5.41) is 8.00. The molecule has 0 bridgehead atoms. The lowest BCUT2D eigenvalue weighted by atomic mass is 10.1. The summed E-state index contributed by atoms with van der Waals surface area (Å²) in [4.78, 5) is 12.5. The summed E-state index contributed by atoms with van der Waals surface area (Å²) in [5.41, 5.74) is 0. The fraction of sp³-hybridized carbons (Fsp3) is 0.643. The summed E-state index contributed by atoms with van der Waals surface area (Å²) in [6.45, 7) is 2.16. The van der Waals surface area contributed by atoms with Crippen LogP contribution in [0.25, 0.3) is 0 Å². The Kier molecular flexibility index (Phi) is 4.82. The predicted molar refractivity (Wildman–Crippen MR) is 85.3 cm³/mol. The average molecular weight is 343 g/mol. The largest absolute Gasteiger partial charge is 0.351 e. The Morgan fingerprint density at radius 3 is 2.91 bits per heavy atom. The van der Waals surface area contributed by atoms with Crippen molar-refractivity contribution in [3.8, 4) is 0 Å². The van der Waals surface area contributed by atoms with Crippen molar-refractivity contribution in [1.82, 2.24) is 14.9 Å². The van der Waals surface area contributed by atoms with Crippen LogP contribution >= 0.6 is 11.3 Å². The molecule has 2 aliphatic rings. The summed E-state index contributed by atoms with van der Waals surface area (Å²) >= 11 is 1.19. The number of thiophene rings is 1. The molecule has 2 fully saturated rings. The van der Waals surface area contributed by atoms with Gasteiger partial charge in [0.15, 0.2) is 0 Å². The molecular weight excluding hydrogens is 322 g/mol. The molecule has 122 valence electrons. The molecule has 3 rings (SSSR count). The Labute approximate surface area is 134 Å². The summed E-state index contributed by atoms with van der Waals surface area (Å²) in [7, 11) is -3.55. The number of piperidine rings is 1. The summed E-state index contributed by atoms with van der Waals surface area (Å²) in [5.74, 6) is -0.161. The van der Waals surface area contributed by atoms with Crippen molar-refractivity contribution in [3.05, 3.63) is 17.5 Å². The molecule has 2 N–H and O–H groups in total. The van der Waals surface area contributed by atoms with E-state index in [1.165, 1.54) is 15.6 Å². The van der Waals surface area contributed by atoms with Crippen LogP contribution in [0, 0.1) is 0 Å². The van der Waals surface area contributed by atoms with Crippen molar-refractivity contribution in [2.45, 2.75) is 42.0 Å². The smallest absolute Gasteiger partial charge is 0.253 e. The molecule has 0 spiro atoms. The van der Waals surface area contributed by atoms with Crippen molar-refractivity contribution in [3.63, 3.8) is 0 Å². The molecule has 22 heavy (non-hydrogen) atoms. The molecule has 6 nitrogen and oxygen atoms in total. The number of amides is 1. The highest BCUT2D eigenvalue weighted by molar-refractivity contribution is 7.91. The van der Waals surface area contributed by atoms with Crippen LogP contribution in [0.15, 0.2) is 21.7 Å². The van der Waals surface area contributed by atoms with Crippen molar-refractivity contribution >= 4 is 27.3 Å². The number of sulfonamides is 1. The highest BCUT2D eigenvalue weighted by Crippen LogP contribution is 2.28. The molecule has 0 aliphatic carbocycles. The summed E-state index contributed by atoms with van der Waals surface area (Å²) in [6, 6.07) is 2.84. The molecule has 2 atom stereocenters. The summed E-state index contributed by atoms with van der Waals surface area (Å²) in [6.07, 6.45) is 3.30. The topological polar surface area (TPSA) is 78.5 Å². The zero-order chi connectivity index (χ0) is 15.6. The van der Waals surface area contributed by atoms with Gasteiger partial charge in [0.05, 0.1) is 0 Å². The first-order chi connectivity index (χ1) is 10.6. The SMILES string of the molecule is O=C(N[C@H]1CCCNC1)C1CCCN1S(=O)(=O)c1cccs1. The van der Waals surface area contributed by atoms with Gasteiger partial charge in [-0.2, -0.15) is 4.31 Å². The van der Waals surface area contributed by atoms with Gasteiger partial charge in [0.1, 0.15) is 10.3 Å². The normalized spacial score (nSPS) is 26.9. The monoisotopic (exact) mass is 343 g/mol. The van der Waals surface area contributed by atoms with Crippen LogP contribution in [0.4, 0.5) is 0 Å². The minimum atomic E-state index is -3.55. The highest BCUT2D eigenvalue weighted by atomic mass is 32.2. The second kappa shape index (κ2) is 6.66. The first-order valence-corrected chi connectivity index (χ1v) is 9.97. The van der Waals surface area contributed by atoms with Gasteiger partial charge in [0, 0.05) is 19.1 Å². The van der Waals surface area contributed by atoms with Gasteiger partial charge < -0.3 is 10.6 Å². The van der Waals surface area contributed by atoms with Crippen LogP contribution in [-0.4, -0.2) is 50.3 Å². The van der Waals surface area contributed by atoms with E-state index < -0.39 is 16.1 Å². The second-order valence-corrected chi connectivity index (χ2v) is 8.82. The third kappa shape index (κ3) is 3.19. The standard InChI is InChI=1S/C14H21N3O3S2/c18-14(16-11-4-1-7-15-10-11)12-5-2-8-17(12)22(19,20)13-6-3-9-21-13/h3,6,9,11-12,15H,1-2,4-5,7-8,10H2,(H,16,18)/t11-,12?/m0/s1. The Morgan fingerprint density at radius 1 is 1.36 bits per heavy atom.